The molecule has 0 aromatic carbocycles. The number of aromatic nitrogens is 3. The van der Waals surface area contributed by atoms with Crippen LogP contribution in [0.15, 0.2) is 23.1 Å². The molecule has 2 aromatic heterocycles. The van der Waals surface area contributed by atoms with E-state index in [9.17, 15) is 19.5 Å². The molecular weight excluding hydrogens is 404 g/mol. The number of aliphatic hydroxyl groups excluding tert-OH is 1. The van der Waals surface area contributed by atoms with Gasteiger partial charge in [-0.25, -0.2) is 14.3 Å². The van der Waals surface area contributed by atoms with Crippen molar-refractivity contribution in [2.75, 3.05) is 31.1 Å². The van der Waals surface area contributed by atoms with Crippen molar-refractivity contribution < 1.29 is 19.4 Å². The number of piperazine rings is 1. The number of anilines is 1. The summed E-state index contributed by atoms with van der Waals surface area (Å²) in [6, 6.07) is 3.04. The molecule has 4 heterocycles. The van der Waals surface area contributed by atoms with Crippen molar-refractivity contribution in [1.29, 1.82) is 0 Å². The summed E-state index contributed by atoms with van der Waals surface area (Å²) >= 11 is 0. The van der Waals surface area contributed by atoms with E-state index in [0.29, 0.717) is 38.2 Å². The molecule has 168 valence electrons. The van der Waals surface area contributed by atoms with Crippen LogP contribution >= 0.6 is 0 Å². The van der Waals surface area contributed by atoms with Crippen molar-refractivity contribution in [2.24, 2.45) is 0 Å². The standard InChI is InChI=1S/C20H28N6O5/c1-20(2,3)31-19(30)24-10-8-23(9-11-24)13-6-7-25-15(12-13)22-26(18(25)29)14-4-5-16(27)21-17(14)28/h6-7,12,14,17,28H,4-5,8-11H2,1-3H3,(H,21,27). The van der Waals surface area contributed by atoms with Crippen LogP contribution in [0.25, 0.3) is 5.65 Å². The molecule has 2 N–H and O–H groups in total. The van der Waals surface area contributed by atoms with E-state index in [4.69, 9.17) is 4.74 Å². The number of rotatable bonds is 2. The van der Waals surface area contributed by atoms with E-state index in [1.807, 2.05) is 32.9 Å². The van der Waals surface area contributed by atoms with Crippen LogP contribution in [0, 0.1) is 0 Å². The fourth-order valence-electron chi connectivity index (χ4n) is 3.89. The summed E-state index contributed by atoms with van der Waals surface area (Å²) in [5, 5.41) is 17.0. The number of aliphatic hydroxyl groups is 1. The molecule has 0 saturated carbocycles. The van der Waals surface area contributed by atoms with Gasteiger partial charge in [0.15, 0.2) is 5.65 Å². The zero-order valence-electron chi connectivity index (χ0n) is 17.9. The quantitative estimate of drug-likeness (QED) is 0.701. The van der Waals surface area contributed by atoms with E-state index < -0.39 is 17.9 Å². The van der Waals surface area contributed by atoms with Crippen LogP contribution in [0.5, 0.6) is 0 Å². The van der Waals surface area contributed by atoms with Crippen LogP contribution < -0.4 is 15.9 Å². The van der Waals surface area contributed by atoms with E-state index in [0.717, 1.165) is 5.69 Å². The third-order valence-corrected chi connectivity index (χ3v) is 5.48. The van der Waals surface area contributed by atoms with Crippen molar-refractivity contribution in [3.05, 3.63) is 28.8 Å². The summed E-state index contributed by atoms with van der Waals surface area (Å²) in [4.78, 5) is 40.3. The third-order valence-electron chi connectivity index (χ3n) is 5.48. The number of pyridine rings is 1. The van der Waals surface area contributed by atoms with Crippen LogP contribution in [-0.2, 0) is 9.53 Å². The SMILES string of the molecule is CC(C)(C)OC(=O)N1CCN(c2ccn3c(=O)n(C4CCC(=O)NC4O)nc3c2)CC1. The molecule has 0 bridgehead atoms. The summed E-state index contributed by atoms with van der Waals surface area (Å²) in [5.41, 5.74) is 0.462. The van der Waals surface area contributed by atoms with E-state index in [2.05, 4.69) is 15.3 Å². The zero-order valence-corrected chi connectivity index (χ0v) is 17.9. The number of carbonyl (C=O) groups excluding carboxylic acids is 2. The Labute approximate surface area is 179 Å². The maximum absolute atomic E-state index is 12.7. The maximum atomic E-state index is 12.7. The second-order valence-electron chi connectivity index (χ2n) is 8.91. The largest absolute Gasteiger partial charge is 0.444 e. The summed E-state index contributed by atoms with van der Waals surface area (Å²) in [6.07, 6.45) is 0.769. The molecule has 11 heteroatoms. The number of nitrogens with zero attached hydrogens (tertiary/aromatic N) is 5. The Hall–Kier alpha value is -3.08. The van der Waals surface area contributed by atoms with E-state index >= 15 is 0 Å². The van der Waals surface area contributed by atoms with Gasteiger partial charge in [-0.2, -0.15) is 0 Å². The lowest BCUT2D eigenvalue weighted by molar-refractivity contribution is -0.128. The first-order valence-corrected chi connectivity index (χ1v) is 10.4. The van der Waals surface area contributed by atoms with Gasteiger partial charge in [-0.3, -0.25) is 9.20 Å². The lowest BCUT2D eigenvalue weighted by atomic mass is 10.1. The summed E-state index contributed by atoms with van der Waals surface area (Å²) < 4.78 is 8.10. The molecular formula is C20H28N6O5. The van der Waals surface area contributed by atoms with Crippen molar-refractivity contribution in [1.82, 2.24) is 24.4 Å². The molecule has 2 atom stereocenters. The first-order valence-electron chi connectivity index (χ1n) is 10.4. The highest BCUT2D eigenvalue weighted by Gasteiger charge is 2.31. The van der Waals surface area contributed by atoms with E-state index in [1.54, 1.807) is 11.1 Å². The van der Waals surface area contributed by atoms with Gasteiger partial charge in [0.25, 0.3) is 0 Å². The van der Waals surface area contributed by atoms with E-state index in [1.165, 1.54) is 9.08 Å². The minimum atomic E-state index is -1.15. The monoisotopic (exact) mass is 432 g/mol. The van der Waals surface area contributed by atoms with Gasteiger partial charge >= 0.3 is 11.8 Å². The highest BCUT2D eigenvalue weighted by molar-refractivity contribution is 5.77. The van der Waals surface area contributed by atoms with Gasteiger partial charge in [-0.1, -0.05) is 0 Å². The predicted molar refractivity (Wildman–Crippen MR) is 112 cm³/mol. The minimum absolute atomic E-state index is 0.231. The molecule has 2 aliphatic rings. The van der Waals surface area contributed by atoms with Crippen LogP contribution in [0.4, 0.5) is 10.5 Å². The Kier molecular flexibility index (Phi) is 5.38. The first kappa shape index (κ1) is 21.2. The number of fused-ring (bicyclic) bond motifs is 1. The van der Waals surface area contributed by atoms with Crippen LogP contribution in [0.2, 0.25) is 0 Å². The Morgan fingerprint density at radius 3 is 2.58 bits per heavy atom. The average molecular weight is 432 g/mol. The van der Waals surface area contributed by atoms with Gasteiger partial charge in [0, 0.05) is 50.6 Å². The highest BCUT2D eigenvalue weighted by atomic mass is 16.6. The smallest absolute Gasteiger partial charge is 0.410 e. The number of ether oxygens (including phenoxy) is 1. The second kappa shape index (κ2) is 7.88. The molecule has 11 nitrogen and oxygen atoms in total. The zero-order chi connectivity index (χ0) is 22.3. The molecule has 2 amide bonds. The summed E-state index contributed by atoms with van der Waals surface area (Å²) in [7, 11) is 0. The van der Waals surface area contributed by atoms with Gasteiger partial charge < -0.3 is 25.0 Å². The van der Waals surface area contributed by atoms with Crippen LogP contribution in [-0.4, -0.2) is 74.2 Å². The number of piperidine rings is 1. The molecule has 0 spiro atoms. The fourth-order valence-corrected chi connectivity index (χ4v) is 3.89. The van der Waals surface area contributed by atoms with Crippen molar-refractivity contribution in [2.45, 2.75) is 51.5 Å². The van der Waals surface area contributed by atoms with Gasteiger partial charge in [0.1, 0.15) is 17.9 Å². The summed E-state index contributed by atoms with van der Waals surface area (Å²) in [5.74, 6) is -0.242. The average Bonchev–Trinajstić information content (AvgIpc) is 3.02. The normalized spacial score (nSPS) is 22.5. The molecule has 0 radical (unpaired) electrons. The number of carbonyl (C=O) groups is 2. The molecule has 4 rings (SSSR count). The van der Waals surface area contributed by atoms with Crippen molar-refractivity contribution >= 4 is 23.3 Å². The molecule has 31 heavy (non-hydrogen) atoms. The second-order valence-corrected chi connectivity index (χ2v) is 8.91. The molecule has 2 saturated heterocycles. The number of hydrogen-bond acceptors (Lipinski definition) is 7. The Morgan fingerprint density at radius 1 is 1.23 bits per heavy atom. The van der Waals surface area contributed by atoms with Gasteiger partial charge in [-0.05, 0) is 33.3 Å². The summed E-state index contributed by atoms with van der Waals surface area (Å²) in [6.45, 7) is 7.87. The number of hydrogen-bond donors (Lipinski definition) is 2. The number of amides is 2. The Morgan fingerprint density at radius 2 is 1.94 bits per heavy atom. The fraction of sp³-hybridized carbons (Fsp3) is 0.600. The van der Waals surface area contributed by atoms with E-state index in [-0.39, 0.29) is 24.1 Å². The Balaban J connectivity index is 1.48. The highest BCUT2D eigenvalue weighted by Crippen LogP contribution is 2.22. The third kappa shape index (κ3) is 4.36. The van der Waals surface area contributed by atoms with Gasteiger partial charge in [0.05, 0.1) is 0 Å². The number of nitrogens with one attached hydrogen (secondary N) is 1. The molecule has 2 fully saturated rings. The molecule has 0 aliphatic carbocycles. The lowest BCUT2D eigenvalue weighted by Gasteiger charge is -2.36. The Bertz CT molecular complexity index is 1050. The molecule has 2 unspecified atom stereocenters. The van der Waals surface area contributed by atoms with Gasteiger partial charge in [-0.15, -0.1) is 5.10 Å². The van der Waals surface area contributed by atoms with Crippen molar-refractivity contribution in [3.8, 4) is 0 Å². The minimum Gasteiger partial charge on any atom is -0.444 e. The lowest BCUT2D eigenvalue weighted by Crippen LogP contribution is -2.50. The van der Waals surface area contributed by atoms with Gasteiger partial charge in [0.2, 0.25) is 5.91 Å². The van der Waals surface area contributed by atoms with Crippen LogP contribution in [0.3, 0.4) is 0 Å². The molecule has 2 aromatic rings. The maximum Gasteiger partial charge on any atom is 0.410 e. The molecule has 2 aliphatic heterocycles. The predicted octanol–water partition coefficient (Wildman–Crippen LogP) is 0.323. The topological polar surface area (TPSA) is 121 Å². The first-order chi connectivity index (χ1) is 14.6. The van der Waals surface area contributed by atoms with Crippen LogP contribution in [0.1, 0.15) is 39.7 Å². The van der Waals surface area contributed by atoms with Crippen molar-refractivity contribution in [3.63, 3.8) is 0 Å².